The van der Waals surface area contributed by atoms with Gasteiger partial charge in [0.05, 0.1) is 5.56 Å². The van der Waals surface area contributed by atoms with Crippen LogP contribution >= 0.6 is 0 Å². The molecule has 1 saturated heterocycles. The topological polar surface area (TPSA) is 43.7 Å². The first-order valence-corrected chi connectivity index (χ1v) is 6.22. The molecule has 1 heterocycles. The minimum atomic E-state index is -4.59. The van der Waals surface area contributed by atoms with Crippen molar-refractivity contribution in [3.8, 4) is 0 Å². The van der Waals surface area contributed by atoms with Crippen molar-refractivity contribution in [1.29, 1.82) is 0 Å². The summed E-state index contributed by atoms with van der Waals surface area (Å²) in [5.74, 6) is 0. The summed E-state index contributed by atoms with van der Waals surface area (Å²) < 4.78 is 38.7. The number of rotatable bonds is 2. The van der Waals surface area contributed by atoms with Crippen LogP contribution in [0.4, 0.5) is 18.9 Å². The highest BCUT2D eigenvalue weighted by Gasteiger charge is 2.36. The van der Waals surface area contributed by atoms with Crippen LogP contribution < -0.4 is 10.4 Å². The van der Waals surface area contributed by atoms with Gasteiger partial charge in [0.25, 0.3) is 0 Å². The molecule has 1 aromatic rings. The highest BCUT2D eigenvalue weighted by atomic mass is 19.4. The average molecular weight is 273 g/mol. The molecule has 1 aliphatic heterocycles. The third-order valence-corrected chi connectivity index (χ3v) is 3.34. The van der Waals surface area contributed by atoms with Gasteiger partial charge in [-0.1, -0.05) is 6.07 Å². The van der Waals surface area contributed by atoms with Gasteiger partial charge in [0.1, 0.15) is 0 Å². The van der Waals surface area contributed by atoms with Crippen LogP contribution in [0.2, 0.25) is 0 Å². The highest BCUT2D eigenvalue weighted by molar-refractivity contribution is 6.59. The summed E-state index contributed by atoms with van der Waals surface area (Å²) in [4.78, 5) is 1.90. The van der Waals surface area contributed by atoms with E-state index >= 15 is 0 Å². The average Bonchev–Trinajstić information content (AvgIpc) is 2.38. The summed E-state index contributed by atoms with van der Waals surface area (Å²) in [6.45, 7) is 1.47. The molecule has 1 aliphatic rings. The number of halogens is 3. The molecule has 2 N–H and O–H groups in total. The van der Waals surface area contributed by atoms with Crippen molar-refractivity contribution in [2.45, 2.75) is 25.4 Å². The predicted octanol–water partition coefficient (Wildman–Crippen LogP) is 1.38. The Morgan fingerprint density at radius 3 is 2.21 bits per heavy atom. The monoisotopic (exact) mass is 273 g/mol. The maximum Gasteiger partial charge on any atom is 0.489 e. The Kier molecular flexibility index (Phi) is 4.06. The zero-order valence-electron chi connectivity index (χ0n) is 10.3. The Morgan fingerprint density at radius 2 is 1.68 bits per heavy atom. The molecule has 104 valence electrons. The van der Waals surface area contributed by atoms with E-state index in [0.717, 1.165) is 44.5 Å². The zero-order valence-corrected chi connectivity index (χ0v) is 10.3. The van der Waals surface area contributed by atoms with Crippen molar-refractivity contribution < 1.29 is 23.2 Å². The standard InChI is InChI=1S/C12H15BF3NO2/c14-12(15,16)10-8-9(4-5-11(10)13(18)19)17-6-2-1-3-7-17/h4-5,8,18-19H,1-3,6-7H2. The molecule has 0 unspecified atom stereocenters. The fourth-order valence-electron chi connectivity index (χ4n) is 2.36. The molecule has 0 aromatic heterocycles. The van der Waals surface area contributed by atoms with E-state index < -0.39 is 24.3 Å². The lowest BCUT2D eigenvalue weighted by molar-refractivity contribution is -0.136. The Hall–Kier alpha value is -1.21. The maximum absolute atomic E-state index is 12.9. The summed E-state index contributed by atoms with van der Waals surface area (Å²) in [5.41, 5.74) is -1.00. The summed E-state index contributed by atoms with van der Waals surface area (Å²) in [7, 11) is -2.12. The van der Waals surface area contributed by atoms with Gasteiger partial charge in [-0.2, -0.15) is 13.2 Å². The van der Waals surface area contributed by atoms with E-state index in [0.29, 0.717) is 5.69 Å². The van der Waals surface area contributed by atoms with Crippen molar-refractivity contribution in [2.24, 2.45) is 0 Å². The zero-order chi connectivity index (χ0) is 14.0. The summed E-state index contributed by atoms with van der Waals surface area (Å²) in [5, 5.41) is 18.0. The number of nitrogens with zero attached hydrogens (tertiary/aromatic N) is 1. The SMILES string of the molecule is OB(O)c1ccc(N2CCCCC2)cc1C(F)(F)F. The fraction of sp³-hybridized carbons (Fsp3) is 0.500. The van der Waals surface area contributed by atoms with Gasteiger partial charge in [-0.25, -0.2) is 0 Å². The number of anilines is 1. The first kappa shape index (κ1) is 14.2. The van der Waals surface area contributed by atoms with Crippen LogP contribution in [-0.2, 0) is 6.18 Å². The van der Waals surface area contributed by atoms with Gasteiger partial charge < -0.3 is 14.9 Å². The van der Waals surface area contributed by atoms with Crippen LogP contribution in [0.1, 0.15) is 24.8 Å². The summed E-state index contributed by atoms with van der Waals surface area (Å²) in [6, 6.07) is 3.65. The normalized spacial score (nSPS) is 16.6. The first-order chi connectivity index (χ1) is 8.89. The quantitative estimate of drug-likeness (QED) is 0.800. The fourth-order valence-corrected chi connectivity index (χ4v) is 2.36. The molecule has 0 radical (unpaired) electrons. The second-order valence-electron chi connectivity index (χ2n) is 4.69. The van der Waals surface area contributed by atoms with E-state index in [4.69, 9.17) is 10.0 Å². The van der Waals surface area contributed by atoms with Gasteiger partial charge in [0, 0.05) is 18.8 Å². The van der Waals surface area contributed by atoms with Crippen LogP contribution in [0.5, 0.6) is 0 Å². The van der Waals surface area contributed by atoms with Crippen LogP contribution in [-0.4, -0.2) is 30.3 Å². The Morgan fingerprint density at radius 1 is 1.05 bits per heavy atom. The molecule has 0 amide bonds. The molecule has 2 rings (SSSR count). The van der Waals surface area contributed by atoms with E-state index in [1.54, 1.807) is 0 Å². The molecular formula is C12H15BF3NO2. The van der Waals surface area contributed by atoms with Gasteiger partial charge >= 0.3 is 13.3 Å². The van der Waals surface area contributed by atoms with Crippen LogP contribution in [0.15, 0.2) is 18.2 Å². The number of hydrogen-bond acceptors (Lipinski definition) is 3. The Bertz CT molecular complexity index is 445. The van der Waals surface area contributed by atoms with Crippen molar-refractivity contribution in [2.75, 3.05) is 18.0 Å². The van der Waals surface area contributed by atoms with E-state index in [-0.39, 0.29) is 0 Å². The Labute approximate surface area is 109 Å². The molecule has 1 aromatic carbocycles. The van der Waals surface area contributed by atoms with Gasteiger partial charge in [-0.3, -0.25) is 0 Å². The largest absolute Gasteiger partial charge is 0.489 e. The number of alkyl halides is 3. The van der Waals surface area contributed by atoms with E-state index in [9.17, 15) is 13.2 Å². The third-order valence-electron chi connectivity index (χ3n) is 3.34. The highest BCUT2D eigenvalue weighted by Crippen LogP contribution is 2.31. The predicted molar refractivity (Wildman–Crippen MR) is 67.3 cm³/mol. The number of benzene rings is 1. The number of piperidine rings is 1. The van der Waals surface area contributed by atoms with E-state index in [1.807, 2.05) is 4.90 Å². The maximum atomic E-state index is 12.9. The minimum absolute atomic E-state index is 0.483. The van der Waals surface area contributed by atoms with Crippen molar-refractivity contribution in [3.05, 3.63) is 23.8 Å². The lowest BCUT2D eigenvalue weighted by atomic mass is 9.76. The lowest BCUT2D eigenvalue weighted by Gasteiger charge is -2.29. The molecule has 0 aliphatic carbocycles. The molecule has 0 saturated carbocycles. The lowest BCUT2D eigenvalue weighted by Crippen LogP contribution is -2.37. The molecule has 0 spiro atoms. The smallest absolute Gasteiger partial charge is 0.423 e. The summed E-state index contributed by atoms with van der Waals surface area (Å²) in [6.07, 6.45) is -1.57. The van der Waals surface area contributed by atoms with Gasteiger partial charge in [-0.05, 0) is 36.9 Å². The van der Waals surface area contributed by atoms with Crippen LogP contribution in [0.3, 0.4) is 0 Å². The molecule has 7 heteroatoms. The van der Waals surface area contributed by atoms with Gasteiger partial charge in [0.15, 0.2) is 0 Å². The summed E-state index contributed by atoms with van der Waals surface area (Å²) >= 11 is 0. The first-order valence-electron chi connectivity index (χ1n) is 6.22. The molecule has 1 fully saturated rings. The second kappa shape index (κ2) is 5.42. The second-order valence-corrected chi connectivity index (χ2v) is 4.69. The molecule has 3 nitrogen and oxygen atoms in total. The van der Waals surface area contributed by atoms with Crippen LogP contribution in [0, 0.1) is 0 Å². The van der Waals surface area contributed by atoms with Crippen molar-refractivity contribution >= 4 is 18.3 Å². The van der Waals surface area contributed by atoms with Crippen molar-refractivity contribution in [1.82, 2.24) is 0 Å². The number of hydrogen-bond donors (Lipinski definition) is 2. The van der Waals surface area contributed by atoms with Crippen molar-refractivity contribution in [3.63, 3.8) is 0 Å². The van der Waals surface area contributed by atoms with E-state index in [2.05, 4.69) is 0 Å². The Balaban J connectivity index is 2.37. The van der Waals surface area contributed by atoms with Gasteiger partial charge in [-0.15, -0.1) is 0 Å². The third kappa shape index (κ3) is 3.22. The molecule has 0 bridgehead atoms. The molecular weight excluding hydrogens is 258 g/mol. The van der Waals surface area contributed by atoms with Crippen LogP contribution in [0.25, 0.3) is 0 Å². The van der Waals surface area contributed by atoms with E-state index in [1.165, 1.54) is 6.07 Å². The van der Waals surface area contributed by atoms with Gasteiger partial charge in [0.2, 0.25) is 0 Å². The molecule has 19 heavy (non-hydrogen) atoms. The minimum Gasteiger partial charge on any atom is -0.423 e. The molecule has 0 atom stereocenters.